The van der Waals surface area contributed by atoms with Crippen LogP contribution in [0.25, 0.3) is 0 Å². The van der Waals surface area contributed by atoms with Gasteiger partial charge in [-0.25, -0.2) is 0 Å². The molecule has 0 atom stereocenters. The van der Waals surface area contributed by atoms with Gasteiger partial charge in [-0.1, -0.05) is 13.8 Å². The Balaban J connectivity index is 2.54. The van der Waals surface area contributed by atoms with E-state index in [0.717, 1.165) is 24.8 Å². The number of carbonyl (C=O) groups is 1. The maximum absolute atomic E-state index is 11.7. The highest BCUT2D eigenvalue weighted by Gasteiger charge is 2.22. The van der Waals surface area contributed by atoms with E-state index in [1.807, 2.05) is 0 Å². The molecule has 0 radical (unpaired) electrons. The molecule has 2 nitrogen and oxygen atoms in total. The first kappa shape index (κ1) is 9.50. The number of hydrogen-bond donors (Lipinski definition) is 0. The molecule has 14 heavy (non-hydrogen) atoms. The molecule has 1 aliphatic rings. The van der Waals surface area contributed by atoms with Crippen molar-refractivity contribution in [3.05, 3.63) is 23.0 Å². The third kappa shape index (κ3) is 1.29. The van der Waals surface area contributed by atoms with Crippen LogP contribution in [0.5, 0.6) is 0 Å². The van der Waals surface area contributed by atoms with Gasteiger partial charge in [0.15, 0.2) is 5.78 Å². The first-order chi connectivity index (χ1) is 6.61. The van der Waals surface area contributed by atoms with Crippen molar-refractivity contribution in [2.24, 2.45) is 7.05 Å². The third-order valence-corrected chi connectivity index (χ3v) is 3.10. The van der Waals surface area contributed by atoms with E-state index in [1.54, 1.807) is 0 Å². The van der Waals surface area contributed by atoms with Gasteiger partial charge in [-0.05, 0) is 24.8 Å². The van der Waals surface area contributed by atoms with Gasteiger partial charge in [-0.3, -0.25) is 4.79 Å². The SMILES string of the molecule is CC(C)c1cc2c(n1C)CCCC2=O. The smallest absolute Gasteiger partial charge is 0.164 e. The number of rotatable bonds is 1. The molecular formula is C12H17NO. The topological polar surface area (TPSA) is 22.0 Å². The van der Waals surface area contributed by atoms with E-state index in [2.05, 4.69) is 31.5 Å². The summed E-state index contributed by atoms with van der Waals surface area (Å²) < 4.78 is 2.21. The molecule has 1 aromatic rings. The molecule has 0 spiro atoms. The quantitative estimate of drug-likeness (QED) is 0.669. The summed E-state index contributed by atoms with van der Waals surface area (Å²) in [5.41, 5.74) is 3.50. The van der Waals surface area contributed by atoms with Gasteiger partial charge in [0.1, 0.15) is 0 Å². The minimum absolute atomic E-state index is 0.328. The molecular weight excluding hydrogens is 174 g/mol. The van der Waals surface area contributed by atoms with E-state index in [0.29, 0.717) is 11.7 Å². The fourth-order valence-electron chi connectivity index (χ4n) is 2.31. The fraction of sp³-hybridized carbons (Fsp3) is 0.583. The highest BCUT2D eigenvalue weighted by Crippen LogP contribution is 2.27. The third-order valence-electron chi connectivity index (χ3n) is 3.10. The number of nitrogens with zero attached hydrogens (tertiary/aromatic N) is 1. The highest BCUT2D eigenvalue weighted by molar-refractivity contribution is 5.98. The summed E-state index contributed by atoms with van der Waals surface area (Å²) in [5, 5.41) is 0. The van der Waals surface area contributed by atoms with E-state index in [9.17, 15) is 4.79 Å². The van der Waals surface area contributed by atoms with E-state index in [4.69, 9.17) is 0 Å². The van der Waals surface area contributed by atoms with Crippen molar-refractivity contribution in [3.8, 4) is 0 Å². The average Bonchev–Trinajstić information content (AvgIpc) is 2.46. The Morgan fingerprint density at radius 3 is 2.64 bits per heavy atom. The standard InChI is InChI=1S/C12H17NO/c1-8(2)11-7-9-10(13(11)3)5-4-6-12(9)14/h7-8H,4-6H2,1-3H3. The van der Waals surface area contributed by atoms with E-state index >= 15 is 0 Å². The maximum atomic E-state index is 11.7. The predicted molar refractivity (Wildman–Crippen MR) is 56.8 cm³/mol. The Bertz CT molecular complexity index is 374. The second-order valence-corrected chi connectivity index (χ2v) is 4.42. The van der Waals surface area contributed by atoms with Crippen LogP contribution < -0.4 is 0 Å². The maximum Gasteiger partial charge on any atom is 0.164 e. The summed E-state index contributed by atoms with van der Waals surface area (Å²) in [6.45, 7) is 4.34. The molecule has 1 aromatic heterocycles. The van der Waals surface area contributed by atoms with Crippen LogP contribution in [-0.2, 0) is 13.5 Å². The number of hydrogen-bond acceptors (Lipinski definition) is 1. The molecule has 2 heteroatoms. The molecule has 0 saturated heterocycles. The second-order valence-electron chi connectivity index (χ2n) is 4.42. The average molecular weight is 191 g/mol. The van der Waals surface area contributed by atoms with Crippen LogP contribution in [0, 0.1) is 0 Å². The minimum Gasteiger partial charge on any atom is -0.351 e. The van der Waals surface area contributed by atoms with E-state index in [-0.39, 0.29) is 0 Å². The van der Waals surface area contributed by atoms with Crippen molar-refractivity contribution in [1.29, 1.82) is 0 Å². The lowest BCUT2D eigenvalue weighted by atomic mass is 9.96. The molecule has 0 amide bonds. The molecule has 0 N–H and O–H groups in total. The highest BCUT2D eigenvalue weighted by atomic mass is 16.1. The van der Waals surface area contributed by atoms with Crippen LogP contribution in [0.15, 0.2) is 6.07 Å². The van der Waals surface area contributed by atoms with Gasteiger partial charge in [-0.2, -0.15) is 0 Å². The van der Waals surface area contributed by atoms with Crippen LogP contribution in [0.2, 0.25) is 0 Å². The zero-order valence-electron chi connectivity index (χ0n) is 9.13. The predicted octanol–water partition coefficient (Wildman–Crippen LogP) is 2.67. The lowest BCUT2D eigenvalue weighted by molar-refractivity contribution is 0.0972. The van der Waals surface area contributed by atoms with Gasteiger partial charge in [0.05, 0.1) is 0 Å². The van der Waals surface area contributed by atoms with Crippen molar-refractivity contribution in [3.63, 3.8) is 0 Å². The zero-order chi connectivity index (χ0) is 10.3. The molecule has 0 unspecified atom stereocenters. The Labute approximate surface area is 84.9 Å². The van der Waals surface area contributed by atoms with Crippen molar-refractivity contribution >= 4 is 5.78 Å². The van der Waals surface area contributed by atoms with Crippen LogP contribution in [0.1, 0.15) is 54.4 Å². The fourth-order valence-corrected chi connectivity index (χ4v) is 2.31. The van der Waals surface area contributed by atoms with Gasteiger partial charge in [0.2, 0.25) is 0 Å². The first-order valence-electron chi connectivity index (χ1n) is 5.33. The monoisotopic (exact) mass is 191 g/mol. The number of aromatic nitrogens is 1. The number of Topliss-reactive ketones (excluding diaryl/α,β-unsaturated/α-hetero) is 1. The van der Waals surface area contributed by atoms with E-state index < -0.39 is 0 Å². The van der Waals surface area contributed by atoms with Gasteiger partial charge in [0.25, 0.3) is 0 Å². The summed E-state index contributed by atoms with van der Waals surface area (Å²) >= 11 is 0. The molecule has 2 rings (SSSR count). The first-order valence-corrected chi connectivity index (χ1v) is 5.33. The molecule has 76 valence electrons. The molecule has 1 heterocycles. The summed E-state index contributed by atoms with van der Waals surface area (Å²) in [6.07, 6.45) is 2.81. The number of carbonyl (C=O) groups excluding carboxylic acids is 1. The Hall–Kier alpha value is -1.05. The van der Waals surface area contributed by atoms with Crippen molar-refractivity contribution in [1.82, 2.24) is 4.57 Å². The van der Waals surface area contributed by atoms with Gasteiger partial charge >= 0.3 is 0 Å². The largest absolute Gasteiger partial charge is 0.351 e. The summed E-state index contributed by atoms with van der Waals surface area (Å²) in [4.78, 5) is 11.7. The van der Waals surface area contributed by atoms with Crippen molar-refractivity contribution < 1.29 is 4.79 Å². The molecule has 0 aliphatic heterocycles. The number of ketones is 1. The lowest BCUT2D eigenvalue weighted by Gasteiger charge is -2.13. The van der Waals surface area contributed by atoms with Crippen molar-refractivity contribution in [2.45, 2.75) is 39.0 Å². The van der Waals surface area contributed by atoms with Crippen molar-refractivity contribution in [2.75, 3.05) is 0 Å². The van der Waals surface area contributed by atoms with E-state index in [1.165, 1.54) is 11.4 Å². The Kier molecular flexibility index (Phi) is 2.22. The van der Waals surface area contributed by atoms with Gasteiger partial charge in [-0.15, -0.1) is 0 Å². The summed E-state index contributed by atoms with van der Waals surface area (Å²) in [5.74, 6) is 0.826. The van der Waals surface area contributed by atoms with Crippen LogP contribution in [-0.4, -0.2) is 10.4 Å². The molecule has 0 aromatic carbocycles. The normalized spacial score (nSPS) is 16.1. The molecule has 0 fully saturated rings. The second kappa shape index (κ2) is 3.26. The summed E-state index contributed by atoms with van der Waals surface area (Å²) in [6, 6.07) is 2.08. The molecule has 1 aliphatic carbocycles. The lowest BCUT2D eigenvalue weighted by Crippen LogP contribution is -2.12. The zero-order valence-corrected chi connectivity index (χ0v) is 9.13. The number of fused-ring (bicyclic) bond motifs is 1. The minimum atomic E-state index is 0.328. The van der Waals surface area contributed by atoms with Gasteiger partial charge in [0, 0.05) is 30.4 Å². The van der Waals surface area contributed by atoms with Crippen LogP contribution in [0.3, 0.4) is 0 Å². The Morgan fingerprint density at radius 1 is 1.36 bits per heavy atom. The van der Waals surface area contributed by atoms with Gasteiger partial charge < -0.3 is 4.57 Å². The summed E-state index contributed by atoms with van der Waals surface area (Å²) in [7, 11) is 2.08. The van der Waals surface area contributed by atoms with Crippen LogP contribution in [0.4, 0.5) is 0 Å². The Morgan fingerprint density at radius 2 is 2.07 bits per heavy atom. The van der Waals surface area contributed by atoms with Crippen LogP contribution >= 0.6 is 0 Å². The molecule has 0 saturated carbocycles. The molecule has 0 bridgehead atoms.